The molecule has 0 N–H and O–H groups in total. The van der Waals surface area contributed by atoms with Crippen molar-refractivity contribution in [3.8, 4) is 23.0 Å². The molecule has 10 heteroatoms. The highest BCUT2D eigenvalue weighted by atomic mass is 32.2. The third kappa shape index (κ3) is 6.49. The summed E-state index contributed by atoms with van der Waals surface area (Å²) >= 11 is 1.62. The molecule has 2 amide bonds. The Kier molecular flexibility index (Phi) is 8.83. The van der Waals surface area contributed by atoms with Gasteiger partial charge in [0.25, 0.3) is 0 Å². The molecule has 1 aliphatic heterocycles. The number of carbonyl (C=O) groups excluding carboxylic acids is 2. The van der Waals surface area contributed by atoms with Crippen LogP contribution in [0, 0.1) is 5.92 Å². The van der Waals surface area contributed by atoms with Gasteiger partial charge in [-0.3, -0.25) is 14.2 Å². The molecule has 0 spiro atoms. The van der Waals surface area contributed by atoms with Crippen LogP contribution in [0.25, 0.3) is 17.3 Å². The van der Waals surface area contributed by atoms with Crippen LogP contribution in [-0.4, -0.2) is 74.9 Å². The maximum Gasteiger partial charge on any atom is 0.226 e. The highest BCUT2D eigenvalue weighted by Crippen LogP contribution is 2.48. The zero-order valence-corrected chi connectivity index (χ0v) is 25.4. The second-order valence-electron chi connectivity index (χ2n) is 11.2. The molecule has 2 aliphatic rings. The summed E-state index contributed by atoms with van der Waals surface area (Å²) in [5, 5.41) is 9.61. The maximum absolute atomic E-state index is 13.2. The predicted octanol–water partition coefficient (Wildman–Crippen LogP) is 5.66. The van der Waals surface area contributed by atoms with Gasteiger partial charge in [-0.2, -0.15) is 0 Å². The fourth-order valence-corrected chi connectivity index (χ4v) is 6.80. The van der Waals surface area contributed by atoms with Crippen LogP contribution in [0.5, 0.6) is 5.75 Å². The van der Waals surface area contributed by atoms with Crippen LogP contribution in [0.2, 0.25) is 0 Å². The molecule has 224 valence electrons. The SMILES string of the molecule is COc1ccc(-n2c(SCCCCC(=O)N3CCN(C(=O)C4CC4c4ccccc4)C(C)C3)nnc2-c2ccco2)cc1. The van der Waals surface area contributed by atoms with Crippen molar-refractivity contribution < 1.29 is 18.7 Å². The second kappa shape index (κ2) is 13.1. The minimum atomic E-state index is 0.0328. The van der Waals surface area contributed by atoms with Gasteiger partial charge in [0.2, 0.25) is 17.6 Å². The van der Waals surface area contributed by atoms with E-state index in [-0.39, 0.29) is 23.8 Å². The monoisotopic (exact) mass is 599 g/mol. The lowest BCUT2D eigenvalue weighted by atomic mass is 10.1. The summed E-state index contributed by atoms with van der Waals surface area (Å²) < 4.78 is 12.9. The van der Waals surface area contributed by atoms with Crippen molar-refractivity contribution in [3.63, 3.8) is 0 Å². The lowest BCUT2D eigenvalue weighted by molar-refractivity contribution is -0.143. The number of piperazine rings is 1. The van der Waals surface area contributed by atoms with Gasteiger partial charge in [-0.15, -0.1) is 10.2 Å². The number of nitrogens with zero attached hydrogens (tertiary/aromatic N) is 5. The number of furan rings is 1. The third-order valence-electron chi connectivity index (χ3n) is 8.32. The Balaban J connectivity index is 0.974. The van der Waals surface area contributed by atoms with Crippen molar-refractivity contribution in [2.24, 2.45) is 5.92 Å². The summed E-state index contributed by atoms with van der Waals surface area (Å²) in [5.41, 5.74) is 2.17. The lowest BCUT2D eigenvalue weighted by Crippen LogP contribution is -2.55. The number of unbranched alkanes of at least 4 members (excludes halogenated alkanes) is 1. The Morgan fingerprint density at radius 3 is 2.53 bits per heavy atom. The zero-order valence-electron chi connectivity index (χ0n) is 24.6. The molecule has 6 rings (SSSR count). The molecule has 3 atom stereocenters. The Morgan fingerprint density at radius 2 is 1.81 bits per heavy atom. The molecule has 2 aromatic heterocycles. The van der Waals surface area contributed by atoms with Crippen LogP contribution in [0.3, 0.4) is 0 Å². The van der Waals surface area contributed by atoms with E-state index < -0.39 is 0 Å². The molecule has 3 unspecified atom stereocenters. The first kappa shape index (κ1) is 29.0. The molecule has 2 fully saturated rings. The van der Waals surface area contributed by atoms with E-state index in [1.54, 1.807) is 25.1 Å². The summed E-state index contributed by atoms with van der Waals surface area (Å²) in [7, 11) is 1.64. The number of benzene rings is 2. The first-order chi connectivity index (χ1) is 21.0. The summed E-state index contributed by atoms with van der Waals surface area (Å²) in [6, 6.07) is 21.8. The van der Waals surface area contributed by atoms with Gasteiger partial charge in [-0.25, -0.2) is 0 Å². The van der Waals surface area contributed by atoms with Crippen molar-refractivity contribution in [3.05, 3.63) is 78.6 Å². The highest BCUT2D eigenvalue weighted by molar-refractivity contribution is 7.99. The fraction of sp³-hybridized carbons (Fsp3) is 0.394. The van der Waals surface area contributed by atoms with E-state index in [2.05, 4.69) is 29.3 Å². The molecular formula is C33H37N5O4S. The van der Waals surface area contributed by atoms with E-state index >= 15 is 0 Å². The maximum atomic E-state index is 13.2. The van der Waals surface area contributed by atoms with Gasteiger partial charge in [0.1, 0.15) is 5.75 Å². The Labute approximate surface area is 256 Å². The van der Waals surface area contributed by atoms with Crippen LogP contribution in [0.1, 0.15) is 44.1 Å². The zero-order chi connectivity index (χ0) is 29.8. The molecule has 0 radical (unpaired) electrons. The Bertz CT molecular complexity index is 1520. The van der Waals surface area contributed by atoms with Gasteiger partial charge in [-0.05, 0) is 74.1 Å². The van der Waals surface area contributed by atoms with E-state index in [0.717, 1.165) is 41.6 Å². The van der Waals surface area contributed by atoms with E-state index in [1.165, 1.54) is 5.56 Å². The Hall–Kier alpha value is -4.05. The van der Waals surface area contributed by atoms with Crippen molar-refractivity contribution >= 4 is 23.6 Å². The smallest absolute Gasteiger partial charge is 0.226 e. The van der Waals surface area contributed by atoms with Crippen molar-refractivity contribution in [2.45, 2.75) is 49.7 Å². The van der Waals surface area contributed by atoms with Gasteiger partial charge in [0.05, 0.1) is 19.1 Å². The lowest BCUT2D eigenvalue weighted by Gasteiger charge is -2.40. The summed E-state index contributed by atoms with van der Waals surface area (Å²) in [6.45, 7) is 3.87. The minimum Gasteiger partial charge on any atom is -0.497 e. The van der Waals surface area contributed by atoms with E-state index in [4.69, 9.17) is 9.15 Å². The number of hydrogen-bond acceptors (Lipinski definition) is 7. The molecule has 0 bridgehead atoms. The number of carbonyl (C=O) groups is 2. The van der Waals surface area contributed by atoms with Crippen molar-refractivity contribution in [2.75, 3.05) is 32.5 Å². The number of thioether (sulfide) groups is 1. The van der Waals surface area contributed by atoms with Crippen LogP contribution < -0.4 is 4.74 Å². The largest absolute Gasteiger partial charge is 0.497 e. The van der Waals surface area contributed by atoms with Gasteiger partial charge in [0.15, 0.2) is 10.9 Å². The average molecular weight is 600 g/mol. The quantitative estimate of drug-likeness (QED) is 0.162. The minimum absolute atomic E-state index is 0.0328. The molecule has 43 heavy (non-hydrogen) atoms. The molecule has 1 saturated heterocycles. The van der Waals surface area contributed by atoms with Crippen LogP contribution in [0.15, 0.2) is 82.6 Å². The first-order valence-corrected chi connectivity index (χ1v) is 15.9. The molecule has 2 aromatic carbocycles. The highest BCUT2D eigenvalue weighted by Gasteiger charge is 2.47. The molecule has 1 aliphatic carbocycles. The molecular weight excluding hydrogens is 562 g/mol. The van der Waals surface area contributed by atoms with Gasteiger partial charge >= 0.3 is 0 Å². The summed E-state index contributed by atoms with van der Waals surface area (Å²) in [4.78, 5) is 30.2. The Morgan fingerprint density at radius 1 is 1.00 bits per heavy atom. The standard InChI is InChI=1S/C33H37N5O4S/c1-23-22-36(17-18-37(23)32(40)28-21-27(28)24-9-4-3-5-10-24)30(39)12-6-7-20-43-33-35-34-31(29-11-8-19-42-29)38(33)25-13-15-26(41-2)16-14-25/h3-5,8-11,13-16,19,23,27-28H,6-7,12,17-18,20-22H2,1-2H3. The molecule has 4 aromatic rings. The van der Waals surface area contributed by atoms with Gasteiger partial charge in [0, 0.05) is 43.8 Å². The van der Waals surface area contributed by atoms with Gasteiger partial charge < -0.3 is 19.0 Å². The topological polar surface area (TPSA) is 93.7 Å². The van der Waals surface area contributed by atoms with Gasteiger partial charge in [-0.1, -0.05) is 42.1 Å². The molecule has 1 saturated carbocycles. The number of methoxy groups -OCH3 is 1. The van der Waals surface area contributed by atoms with E-state index in [9.17, 15) is 9.59 Å². The number of ether oxygens (including phenoxy) is 1. The number of rotatable bonds is 11. The van der Waals surface area contributed by atoms with Crippen LogP contribution in [-0.2, 0) is 9.59 Å². The number of amides is 2. The first-order valence-electron chi connectivity index (χ1n) is 14.9. The average Bonchev–Trinajstić information content (AvgIpc) is 3.43. The van der Waals surface area contributed by atoms with E-state index in [0.29, 0.717) is 43.6 Å². The third-order valence-corrected chi connectivity index (χ3v) is 9.34. The fourth-order valence-electron chi connectivity index (χ4n) is 5.85. The van der Waals surface area contributed by atoms with Crippen molar-refractivity contribution in [1.82, 2.24) is 24.6 Å². The van der Waals surface area contributed by atoms with Crippen LogP contribution >= 0.6 is 11.8 Å². The van der Waals surface area contributed by atoms with E-state index in [1.807, 2.05) is 69.0 Å². The number of hydrogen-bond donors (Lipinski definition) is 0. The number of aromatic nitrogens is 3. The second-order valence-corrected chi connectivity index (χ2v) is 12.3. The normalized spacial score (nSPS) is 19.8. The van der Waals surface area contributed by atoms with Crippen molar-refractivity contribution in [1.29, 1.82) is 0 Å². The summed E-state index contributed by atoms with van der Waals surface area (Å²) in [5.74, 6) is 3.68. The van der Waals surface area contributed by atoms with Crippen LogP contribution in [0.4, 0.5) is 0 Å². The molecule has 3 heterocycles. The predicted molar refractivity (Wildman–Crippen MR) is 165 cm³/mol. The summed E-state index contributed by atoms with van der Waals surface area (Å²) in [6.07, 6.45) is 4.72. The molecule has 9 nitrogen and oxygen atoms in total.